The summed E-state index contributed by atoms with van der Waals surface area (Å²) in [5, 5.41) is 0. The van der Waals surface area contributed by atoms with E-state index in [1.807, 2.05) is 0 Å². The van der Waals surface area contributed by atoms with E-state index in [1.54, 1.807) is 0 Å². The molecule has 0 aliphatic carbocycles. The molecule has 2 heteroatoms. The van der Waals surface area contributed by atoms with Crippen LogP contribution in [0.2, 0.25) is 0 Å². The maximum absolute atomic E-state index is 4.27. The van der Waals surface area contributed by atoms with E-state index in [-0.39, 0.29) is 38.3 Å². The van der Waals surface area contributed by atoms with E-state index in [0.717, 1.165) is 0 Å². The number of rotatable bonds is 12. The number of hydrogen-bond donors (Lipinski definition) is 0. The van der Waals surface area contributed by atoms with Gasteiger partial charge < -0.3 is 27.7 Å². The minimum Gasteiger partial charge on any atom is -0.341 e. The van der Waals surface area contributed by atoms with Gasteiger partial charge in [-0.15, -0.1) is 0 Å². The van der Waals surface area contributed by atoms with E-state index in [0.29, 0.717) is 23.7 Å². The monoisotopic (exact) mass is 489 g/mol. The van der Waals surface area contributed by atoms with Gasteiger partial charge in [-0.25, -0.2) is 0 Å². The third-order valence-corrected chi connectivity index (χ3v) is 3.84. The van der Waals surface area contributed by atoms with Gasteiger partial charge in [0.05, 0.1) is 0 Å². The Hall–Kier alpha value is 0.753. The first-order valence-electron chi connectivity index (χ1n) is 8.24. The van der Waals surface area contributed by atoms with Gasteiger partial charge in [0.1, 0.15) is 0 Å². The quantitative estimate of drug-likeness (QED) is 0.208. The van der Waals surface area contributed by atoms with Gasteiger partial charge in [0.2, 0.25) is 0 Å². The van der Waals surface area contributed by atoms with Gasteiger partial charge in [0, 0.05) is 9.84 Å². The van der Waals surface area contributed by atoms with Crippen LogP contribution in [0.1, 0.15) is 80.5 Å². The van der Waals surface area contributed by atoms with Crippen LogP contribution in [0.3, 0.4) is 0 Å². The molecule has 0 aromatic rings. The summed E-state index contributed by atoms with van der Waals surface area (Å²) in [7, 11) is 0. The number of hydrogen-bond acceptors (Lipinski definition) is 0. The van der Waals surface area contributed by atoms with Crippen LogP contribution in [0.15, 0.2) is 0 Å². The molecule has 0 aromatic heterocycles. The van der Waals surface area contributed by atoms with Crippen molar-refractivity contribution in [3.05, 3.63) is 27.7 Å². The van der Waals surface area contributed by atoms with Crippen LogP contribution in [-0.2, 0) is 21.1 Å². The molecular weight excluding hydrogens is 446 g/mol. The molecule has 0 aromatic carbocycles. The van der Waals surface area contributed by atoms with Gasteiger partial charge >= 0.3 is 21.1 Å². The fourth-order valence-corrected chi connectivity index (χ4v) is 2.49. The molecule has 0 bridgehead atoms. The van der Waals surface area contributed by atoms with Crippen LogP contribution >= 0.6 is 0 Å². The molecule has 3 radical (unpaired) electrons. The summed E-state index contributed by atoms with van der Waals surface area (Å²) in [6, 6.07) is 0. The van der Waals surface area contributed by atoms with E-state index in [2.05, 4.69) is 41.5 Å². The summed E-state index contributed by atoms with van der Waals surface area (Å²) in [5.74, 6) is 2.44. The molecule has 0 spiro atoms. The summed E-state index contributed by atoms with van der Waals surface area (Å²) >= 11 is 0. The van der Waals surface area contributed by atoms with Crippen molar-refractivity contribution in [3.63, 3.8) is 0 Å². The Kier molecular flexibility index (Phi) is 27.6. The summed E-state index contributed by atoms with van der Waals surface area (Å²) in [4.78, 5) is 0. The van der Waals surface area contributed by atoms with Crippen LogP contribution in [0, 0.1) is 51.4 Å². The Morgan fingerprint density at radius 2 is 0.864 bits per heavy atom. The molecule has 0 rings (SSSR count). The Labute approximate surface area is 161 Å². The molecule has 0 saturated carbocycles. The molecule has 0 aliphatic heterocycles. The van der Waals surface area contributed by atoms with Crippen LogP contribution in [0.5, 0.6) is 0 Å². The van der Waals surface area contributed by atoms with E-state index in [1.165, 1.54) is 57.8 Å². The second kappa shape index (κ2) is 19.8. The summed E-state index contributed by atoms with van der Waals surface area (Å²) in [6.07, 6.45) is 11.4. The maximum Gasteiger partial charge on any atom is 4.00 e. The van der Waals surface area contributed by atoms with Crippen molar-refractivity contribution in [2.24, 2.45) is 23.7 Å². The van der Waals surface area contributed by atoms with Crippen LogP contribution < -0.4 is 0 Å². The minimum atomic E-state index is 0. The van der Waals surface area contributed by atoms with Gasteiger partial charge in [-0.2, -0.15) is 23.7 Å². The van der Waals surface area contributed by atoms with Crippen molar-refractivity contribution < 1.29 is 22.5 Å². The van der Waals surface area contributed by atoms with Crippen molar-refractivity contribution in [1.82, 2.24) is 0 Å². The molecule has 0 fully saturated rings. The fourth-order valence-electron chi connectivity index (χ4n) is 2.49. The minimum absolute atomic E-state index is 0. The molecule has 4 unspecified atom stereocenters. The molecule has 0 aliphatic rings. The van der Waals surface area contributed by atoms with E-state index in [4.69, 9.17) is 0 Å². The first-order chi connectivity index (χ1) is 8.91. The van der Waals surface area contributed by atoms with Gasteiger partial charge in [-0.3, -0.25) is 0 Å². The summed E-state index contributed by atoms with van der Waals surface area (Å²) < 4.78 is 0. The Morgan fingerprint density at radius 1 is 0.636 bits per heavy atom. The summed E-state index contributed by atoms with van der Waals surface area (Å²) in [5.41, 5.74) is 0. The van der Waals surface area contributed by atoms with E-state index < -0.39 is 0 Å². The molecule has 0 amide bonds. The first-order valence-corrected chi connectivity index (χ1v) is 8.24. The average molecular weight is 489 g/mol. The van der Waals surface area contributed by atoms with Crippen molar-refractivity contribution in [1.29, 1.82) is 0 Å². The topological polar surface area (TPSA) is 0 Å². The van der Waals surface area contributed by atoms with Gasteiger partial charge in [0.15, 0.2) is 0 Å². The van der Waals surface area contributed by atoms with E-state index in [9.17, 15) is 0 Å². The Bertz CT molecular complexity index is 178. The molecule has 0 saturated heterocycles. The zero-order valence-corrected chi connectivity index (χ0v) is 16.7. The maximum atomic E-state index is 4.27. The molecule has 4 atom stereocenters. The largest absolute Gasteiger partial charge is 4.00 e. The SMILES string of the molecule is C.[2HH].[B].[CH2-]C(C)CCCC([CH2-])CCCC([CH2-])CCCC([CH2-])C.[Pt+4]. The van der Waals surface area contributed by atoms with Crippen molar-refractivity contribution in [2.45, 2.75) is 79.1 Å². The molecule has 135 valence electrons. The standard InChI is InChI=1S/C19H36.CH4.B.Pt.H2/c1-16(2)10-7-12-18(5)14-9-15-19(6)13-8-11-17(3)4;;;;/h16-19H,1,3,5-15H2,2,4H3;1H4;;;1H/q-4;;;+4;/i;;;;1+1. The normalized spacial score (nSPS) is 15.5. The summed E-state index contributed by atoms with van der Waals surface area (Å²) in [6.45, 7) is 21.0. The second-order valence-corrected chi connectivity index (χ2v) is 6.74. The van der Waals surface area contributed by atoms with Crippen molar-refractivity contribution in [3.8, 4) is 0 Å². The Morgan fingerprint density at radius 3 is 1.09 bits per heavy atom. The molecule has 0 N–H and O–H groups in total. The smallest absolute Gasteiger partial charge is 0.341 e. The van der Waals surface area contributed by atoms with E-state index >= 15 is 0 Å². The fraction of sp³-hybridized carbons (Fsp3) is 0.800. The third-order valence-electron chi connectivity index (χ3n) is 3.84. The average Bonchev–Trinajstić information content (AvgIpc) is 2.27. The predicted octanol–water partition coefficient (Wildman–Crippen LogP) is 6.84. The molecule has 0 nitrogen and oxygen atoms in total. The third kappa shape index (κ3) is 23.0. The van der Waals surface area contributed by atoms with Gasteiger partial charge in [0.25, 0.3) is 0 Å². The van der Waals surface area contributed by atoms with Crippen LogP contribution in [0.25, 0.3) is 0 Å². The zero-order valence-electron chi connectivity index (χ0n) is 14.4. The van der Waals surface area contributed by atoms with Gasteiger partial charge in [-0.1, -0.05) is 79.1 Å². The predicted molar refractivity (Wildman–Crippen MR) is 103 cm³/mol. The van der Waals surface area contributed by atoms with Crippen LogP contribution in [0.4, 0.5) is 0 Å². The first kappa shape index (κ1) is 30.6. The van der Waals surface area contributed by atoms with Crippen molar-refractivity contribution >= 4 is 8.41 Å². The molecule has 0 heterocycles. The van der Waals surface area contributed by atoms with Crippen LogP contribution in [-0.4, -0.2) is 8.41 Å². The second-order valence-electron chi connectivity index (χ2n) is 6.74. The zero-order chi connectivity index (χ0) is 14.7. The molecule has 22 heavy (non-hydrogen) atoms. The Balaban J connectivity index is -0.000000270. The van der Waals surface area contributed by atoms with Crippen molar-refractivity contribution in [2.75, 3.05) is 0 Å². The van der Waals surface area contributed by atoms with Gasteiger partial charge in [-0.05, 0) is 0 Å². The molecular formula is C20H42BPt.